The minimum Gasteiger partial charge on any atom is -0.505 e. The highest BCUT2D eigenvalue weighted by molar-refractivity contribution is 5.94. The van der Waals surface area contributed by atoms with Crippen molar-refractivity contribution in [3.05, 3.63) is 24.0 Å². The highest BCUT2D eigenvalue weighted by atomic mass is 16.4. The van der Waals surface area contributed by atoms with E-state index < -0.39 is 17.8 Å². The van der Waals surface area contributed by atoms with Crippen LogP contribution in [0.1, 0.15) is 36.2 Å². The molecular formula is C14H18N2O4. The van der Waals surface area contributed by atoms with Crippen LogP contribution >= 0.6 is 0 Å². The van der Waals surface area contributed by atoms with Crippen molar-refractivity contribution in [3.63, 3.8) is 0 Å². The van der Waals surface area contributed by atoms with Crippen LogP contribution in [0.15, 0.2) is 18.3 Å². The van der Waals surface area contributed by atoms with E-state index in [9.17, 15) is 14.7 Å². The molecule has 0 aromatic carbocycles. The quantitative estimate of drug-likeness (QED) is 0.773. The average Bonchev–Trinajstić information content (AvgIpc) is 2.45. The zero-order valence-electron chi connectivity index (χ0n) is 11.1. The molecule has 1 amide bonds. The number of aromatic hydroxyl groups is 1. The summed E-state index contributed by atoms with van der Waals surface area (Å²) in [6.07, 6.45) is 4.78. The number of nitrogens with zero attached hydrogens (tertiary/aromatic N) is 1. The lowest BCUT2D eigenvalue weighted by molar-refractivity contribution is -0.144. The first-order valence-electron chi connectivity index (χ1n) is 6.74. The predicted molar refractivity (Wildman–Crippen MR) is 71.3 cm³/mol. The molecule has 1 saturated carbocycles. The number of carboxylic acid groups (broad SMARTS) is 1. The Labute approximate surface area is 116 Å². The topological polar surface area (TPSA) is 99.5 Å². The van der Waals surface area contributed by atoms with Gasteiger partial charge in [-0.1, -0.05) is 12.8 Å². The van der Waals surface area contributed by atoms with Gasteiger partial charge in [-0.05, 0) is 30.9 Å². The molecule has 0 saturated heterocycles. The fraction of sp³-hybridized carbons (Fsp3) is 0.500. The number of hydrogen-bond acceptors (Lipinski definition) is 4. The third kappa shape index (κ3) is 3.26. The van der Waals surface area contributed by atoms with E-state index in [1.165, 1.54) is 18.3 Å². The Morgan fingerprint density at radius 1 is 1.35 bits per heavy atom. The highest BCUT2D eigenvalue weighted by Gasteiger charge is 2.31. The zero-order chi connectivity index (χ0) is 14.5. The van der Waals surface area contributed by atoms with Gasteiger partial charge in [-0.2, -0.15) is 0 Å². The van der Waals surface area contributed by atoms with Gasteiger partial charge >= 0.3 is 5.97 Å². The second-order valence-electron chi connectivity index (χ2n) is 5.07. The molecule has 2 rings (SSSR count). The van der Waals surface area contributed by atoms with E-state index in [1.807, 2.05) is 0 Å². The molecule has 0 spiro atoms. The number of nitrogens with one attached hydrogen (secondary N) is 1. The van der Waals surface area contributed by atoms with Gasteiger partial charge in [0.1, 0.15) is 5.75 Å². The third-order valence-corrected chi connectivity index (χ3v) is 3.75. The number of pyridine rings is 1. The molecule has 2 unspecified atom stereocenters. The van der Waals surface area contributed by atoms with Crippen LogP contribution in [-0.4, -0.2) is 33.6 Å². The monoisotopic (exact) mass is 278 g/mol. The van der Waals surface area contributed by atoms with Crippen molar-refractivity contribution < 1.29 is 19.8 Å². The van der Waals surface area contributed by atoms with E-state index in [1.54, 1.807) is 0 Å². The van der Waals surface area contributed by atoms with E-state index in [0.29, 0.717) is 13.0 Å². The molecule has 0 bridgehead atoms. The lowest BCUT2D eigenvalue weighted by Gasteiger charge is -2.28. The minimum atomic E-state index is -0.801. The number of hydrogen-bond donors (Lipinski definition) is 3. The Bertz CT molecular complexity index is 504. The molecule has 1 heterocycles. The summed E-state index contributed by atoms with van der Waals surface area (Å²) in [5, 5.41) is 21.4. The molecule has 6 nitrogen and oxygen atoms in total. The van der Waals surface area contributed by atoms with Gasteiger partial charge in [-0.25, -0.2) is 4.98 Å². The van der Waals surface area contributed by atoms with Gasteiger partial charge in [-0.3, -0.25) is 9.59 Å². The molecule has 1 aromatic rings. The molecule has 0 radical (unpaired) electrons. The molecule has 1 aliphatic rings. The molecule has 1 aromatic heterocycles. The Morgan fingerprint density at radius 3 is 2.80 bits per heavy atom. The Kier molecular flexibility index (Phi) is 4.55. The van der Waals surface area contributed by atoms with Crippen molar-refractivity contribution >= 4 is 11.9 Å². The summed E-state index contributed by atoms with van der Waals surface area (Å²) in [7, 11) is 0. The molecule has 2 atom stereocenters. The fourth-order valence-electron chi connectivity index (χ4n) is 2.66. The van der Waals surface area contributed by atoms with E-state index in [4.69, 9.17) is 5.11 Å². The minimum absolute atomic E-state index is 0.0322. The Hall–Kier alpha value is -2.11. The summed E-state index contributed by atoms with van der Waals surface area (Å²) in [6.45, 7) is 0.297. The molecule has 3 N–H and O–H groups in total. The Morgan fingerprint density at radius 2 is 2.10 bits per heavy atom. The molecule has 1 aliphatic carbocycles. The van der Waals surface area contributed by atoms with Crippen LogP contribution < -0.4 is 5.32 Å². The second-order valence-corrected chi connectivity index (χ2v) is 5.07. The van der Waals surface area contributed by atoms with Gasteiger partial charge in [-0.15, -0.1) is 0 Å². The fourth-order valence-corrected chi connectivity index (χ4v) is 2.66. The van der Waals surface area contributed by atoms with Crippen molar-refractivity contribution in [1.82, 2.24) is 10.3 Å². The van der Waals surface area contributed by atoms with Crippen LogP contribution in [0.25, 0.3) is 0 Å². The van der Waals surface area contributed by atoms with E-state index in [2.05, 4.69) is 10.3 Å². The van der Waals surface area contributed by atoms with Crippen LogP contribution in [0, 0.1) is 11.8 Å². The second kappa shape index (κ2) is 6.36. The molecule has 6 heteroatoms. The average molecular weight is 278 g/mol. The van der Waals surface area contributed by atoms with Crippen LogP contribution in [0.3, 0.4) is 0 Å². The van der Waals surface area contributed by atoms with Crippen molar-refractivity contribution in [1.29, 1.82) is 0 Å². The van der Waals surface area contributed by atoms with Crippen molar-refractivity contribution in [2.45, 2.75) is 25.7 Å². The molecule has 1 fully saturated rings. The smallest absolute Gasteiger partial charge is 0.306 e. The largest absolute Gasteiger partial charge is 0.505 e. The lowest BCUT2D eigenvalue weighted by atomic mass is 9.79. The number of amides is 1. The van der Waals surface area contributed by atoms with Crippen LogP contribution in [0.4, 0.5) is 0 Å². The zero-order valence-corrected chi connectivity index (χ0v) is 11.1. The summed E-state index contributed by atoms with van der Waals surface area (Å²) in [5.41, 5.74) is -0.0322. The van der Waals surface area contributed by atoms with Crippen LogP contribution in [0.5, 0.6) is 5.75 Å². The molecule has 20 heavy (non-hydrogen) atoms. The van der Waals surface area contributed by atoms with Gasteiger partial charge in [0.25, 0.3) is 5.91 Å². The summed E-state index contributed by atoms with van der Waals surface area (Å²) in [5.74, 6) is -1.91. The van der Waals surface area contributed by atoms with Crippen molar-refractivity contribution in [3.8, 4) is 5.75 Å². The van der Waals surface area contributed by atoms with Gasteiger partial charge in [0.2, 0.25) is 0 Å². The molecule has 0 aliphatic heterocycles. The van der Waals surface area contributed by atoms with E-state index >= 15 is 0 Å². The normalized spacial score (nSPS) is 22.2. The maximum atomic E-state index is 11.9. The standard InChI is InChI=1S/C14H18N2O4/c17-11-6-3-7-15-12(11)13(18)16-8-9-4-1-2-5-10(9)14(19)20/h3,6-7,9-10,17H,1-2,4-5,8H2,(H,16,18)(H,19,20). The first kappa shape index (κ1) is 14.3. The first-order valence-corrected chi connectivity index (χ1v) is 6.74. The maximum Gasteiger partial charge on any atom is 0.306 e. The molecular weight excluding hydrogens is 260 g/mol. The maximum absolute atomic E-state index is 11.9. The number of aliphatic carboxylic acids is 1. The third-order valence-electron chi connectivity index (χ3n) is 3.75. The summed E-state index contributed by atoms with van der Waals surface area (Å²) in [6, 6.07) is 2.93. The summed E-state index contributed by atoms with van der Waals surface area (Å²) < 4.78 is 0. The van der Waals surface area contributed by atoms with Crippen molar-refractivity contribution in [2.24, 2.45) is 11.8 Å². The predicted octanol–water partition coefficient (Wildman–Crippen LogP) is 1.41. The lowest BCUT2D eigenvalue weighted by Crippen LogP contribution is -2.37. The van der Waals surface area contributed by atoms with Gasteiger partial charge in [0.15, 0.2) is 5.69 Å². The Balaban J connectivity index is 1.95. The van der Waals surface area contributed by atoms with E-state index in [0.717, 1.165) is 19.3 Å². The van der Waals surface area contributed by atoms with Gasteiger partial charge in [0.05, 0.1) is 5.92 Å². The van der Waals surface area contributed by atoms with E-state index in [-0.39, 0.29) is 17.4 Å². The summed E-state index contributed by atoms with van der Waals surface area (Å²) in [4.78, 5) is 26.9. The first-order chi connectivity index (χ1) is 9.59. The molecule has 108 valence electrons. The number of carboxylic acids is 1. The number of rotatable bonds is 4. The van der Waals surface area contributed by atoms with Gasteiger partial charge < -0.3 is 15.5 Å². The SMILES string of the molecule is O=C(NCC1CCCCC1C(=O)O)c1ncccc1O. The number of carbonyl (C=O) groups is 2. The van der Waals surface area contributed by atoms with Crippen molar-refractivity contribution in [2.75, 3.05) is 6.54 Å². The van der Waals surface area contributed by atoms with Gasteiger partial charge in [0, 0.05) is 12.7 Å². The van der Waals surface area contributed by atoms with Crippen LogP contribution in [0.2, 0.25) is 0 Å². The number of carbonyl (C=O) groups excluding carboxylic acids is 1. The number of aromatic nitrogens is 1. The summed E-state index contributed by atoms with van der Waals surface area (Å²) >= 11 is 0. The highest BCUT2D eigenvalue weighted by Crippen LogP contribution is 2.29. The van der Waals surface area contributed by atoms with Crippen LogP contribution in [-0.2, 0) is 4.79 Å².